The van der Waals surface area contributed by atoms with Crippen molar-refractivity contribution in [3.8, 4) is 0 Å². The van der Waals surface area contributed by atoms with Gasteiger partial charge < -0.3 is 14.7 Å². The molecule has 0 aromatic carbocycles. The zero-order valence-electron chi connectivity index (χ0n) is 8.94. The molecule has 5 heteroatoms. The molecular formula is C10H17NO4. The largest absolute Gasteiger partial charge is 0.480 e. The summed E-state index contributed by atoms with van der Waals surface area (Å²) in [5.74, 6) is -1.28. The van der Waals surface area contributed by atoms with E-state index in [0.717, 1.165) is 30.6 Å². The fourth-order valence-electron chi connectivity index (χ4n) is 1.65. The van der Waals surface area contributed by atoms with Crippen LogP contribution in [0.1, 0.15) is 25.7 Å². The standard InChI is InChI=1S/C10H17NO4/c1-11(6-10(13)14)9(12)7-15-8-4-2-3-5-8/h8H,2-7H2,1H3,(H,13,14). The number of carbonyl (C=O) groups is 2. The van der Waals surface area contributed by atoms with E-state index in [-0.39, 0.29) is 25.2 Å². The van der Waals surface area contributed by atoms with Crippen molar-refractivity contribution in [2.24, 2.45) is 0 Å². The lowest BCUT2D eigenvalue weighted by atomic mass is 10.3. The topological polar surface area (TPSA) is 66.8 Å². The van der Waals surface area contributed by atoms with Gasteiger partial charge in [0.15, 0.2) is 0 Å². The smallest absolute Gasteiger partial charge is 0.323 e. The highest BCUT2D eigenvalue weighted by atomic mass is 16.5. The molecule has 0 unspecified atom stereocenters. The number of carbonyl (C=O) groups excluding carboxylic acids is 1. The van der Waals surface area contributed by atoms with Gasteiger partial charge in [0.2, 0.25) is 5.91 Å². The van der Waals surface area contributed by atoms with Crippen LogP contribution in [0, 0.1) is 0 Å². The van der Waals surface area contributed by atoms with Gasteiger partial charge in [-0.05, 0) is 12.8 Å². The van der Waals surface area contributed by atoms with Crippen molar-refractivity contribution < 1.29 is 19.4 Å². The van der Waals surface area contributed by atoms with Crippen LogP contribution in [0.15, 0.2) is 0 Å². The maximum absolute atomic E-state index is 11.4. The van der Waals surface area contributed by atoms with E-state index < -0.39 is 5.97 Å². The van der Waals surface area contributed by atoms with E-state index in [4.69, 9.17) is 9.84 Å². The van der Waals surface area contributed by atoms with Crippen LogP contribution in [0.3, 0.4) is 0 Å². The molecular weight excluding hydrogens is 198 g/mol. The van der Waals surface area contributed by atoms with E-state index in [0.29, 0.717) is 0 Å². The summed E-state index contributed by atoms with van der Waals surface area (Å²) in [4.78, 5) is 22.9. The first-order valence-electron chi connectivity index (χ1n) is 5.17. The lowest BCUT2D eigenvalue weighted by Crippen LogP contribution is -2.35. The molecule has 15 heavy (non-hydrogen) atoms. The Bertz CT molecular complexity index is 236. The molecule has 0 aliphatic heterocycles. The third-order valence-electron chi connectivity index (χ3n) is 2.54. The molecule has 1 aliphatic carbocycles. The Morgan fingerprint density at radius 1 is 1.40 bits per heavy atom. The number of amides is 1. The highest BCUT2D eigenvalue weighted by Gasteiger charge is 2.18. The number of hydrogen-bond donors (Lipinski definition) is 1. The Kier molecular flexibility index (Phi) is 4.55. The summed E-state index contributed by atoms with van der Waals surface area (Å²) in [5, 5.41) is 8.48. The molecule has 0 saturated heterocycles. The van der Waals surface area contributed by atoms with Crippen LogP contribution in [0.2, 0.25) is 0 Å². The number of likely N-dealkylation sites (N-methyl/N-ethyl adjacent to an activating group) is 1. The molecule has 0 radical (unpaired) electrons. The first-order chi connectivity index (χ1) is 7.09. The van der Waals surface area contributed by atoms with E-state index in [9.17, 15) is 9.59 Å². The first kappa shape index (κ1) is 12.0. The minimum absolute atomic E-state index is 0.00551. The summed E-state index contributed by atoms with van der Waals surface area (Å²) in [6.07, 6.45) is 4.52. The minimum atomic E-state index is -1.01. The van der Waals surface area contributed by atoms with Crippen LogP contribution >= 0.6 is 0 Å². The fourth-order valence-corrected chi connectivity index (χ4v) is 1.65. The summed E-state index contributed by atoms with van der Waals surface area (Å²) in [5.41, 5.74) is 0. The van der Waals surface area contributed by atoms with E-state index >= 15 is 0 Å². The molecule has 0 bridgehead atoms. The summed E-state index contributed by atoms with van der Waals surface area (Å²) >= 11 is 0. The number of carboxylic acids is 1. The third kappa shape index (κ3) is 4.29. The number of aliphatic carboxylic acids is 1. The lowest BCUT2D eigenvalue weighted by Gasteiger charge is -2.16. The van der Waals surface area contributed by atoms with E-state index in [1.165, 1.54) is 7.05 Å². The van der Waals surface area contributed by atoms with Crippen molar-refractivity contribution in [1.29, 1.82) is 0 Å². The van der Waals surface area contributed by atoms with Crippen molar-refractivity contribution in [3.63, 3.8) is 0 Å². The average molecular weight is 215 g/mol. The quantitative estimate of drug-likeness (QED) is 0.724. The highest BCUT2D eigenvalue weighted by Crippen LogP contribution is 2.20. The molecule has 1 saturated carbocycles. The Morgan fingerprint density at radius 3 is 2.53 bits per heavy atom. The molecule has 5 nitrogen and oxygen atoms in total. The molecule has 1 aliphatic rings. The lowest BCUT2D eigenvalue weighted by molar-refractivity contribution is -0.146. The number of rotatable bonds is 5. The number of ether oxygens (including phenoxy) is 1. The molecule has 0 atom stereocenters. The molecule has 0 heterocycles. The van der Waals surface area contributed by atoms with Crippen LogP contribution in [0.25, 0.3) is 0 Å². The van der Waals surface area contributed by atoms with E-state index in [1.54, 1.807) is 0 Å². The second-order valence-corrected chi connectivity index (χ2v) is 3.86. The van der Waals surface area contributed by atoms with Gasteiger partial charge in [-0.2, -0.15) is 0 Å². The van der Waals surface area contributed by atoms with Crippen LogP contribution in [0.5, 0.6) is 0 Å². The van der Waals surface area contributed by atoms with Gasteiger partial charge in [0.25, 0.3) is 0 Å². The predicted octanol–water partition coefficient (Wildman–Crippen LogP) is 0.489. The second-order valence-electron chi connectivity index (χ2n) is 3.86. The third-order valence-corrected chi connectivity index (χ3v) is 2.54. The Morgan fingerprint density at radius 2 is 2.00 bits per heavy atom. The minimum Gasteiger partial charge on any atom is -0.480 e. The molecule has 86 valence electrons. The molecule has 1 amide bonds. The summed E-state index contributed by atoms with van der Waals surface area (Å²) < 4.78 is 5.38. The number of carboxylic acid groups (broad SMARTS) is 1. The maximum Gasteiger partial charge on any atom is 0.323 e. The van der Waals surface area contributed by atoms with Crippen LogP contribution in [-0.2, 0) is 14.3 Å². The fraction of sp³-hybridized carbons (Fsp3) is 0.800. The van der Waals surface area contributed by atoms with Crippen LogP contribution < -0.4 is 0 Å². The zero-order chi connectivity index (χ0) is 11.3. The summed E-state index contributed by atoms with van der Waals surface area (Å²) in [6.45, 7) is -0.276. The normalized spacial score (nSPS) is 16.6. The first-order valence-corrected chi connectivity index (χ1v) is 5.17. The van der Waals surface area contributed by atoms with Crippen molar-refractivity contribution in [2.75, 3.05) is 20.2 Å². The monoisotopic (exact) mass is 215 g/mol. The molecule has 1 fully saturated rings. The van der Waals surface area contributed by atoms with Gasteiger partial charge in [0.05, 0.1) is 6.10 Å². The average Bonchev–Trinajstić information content (AvgIpc) is 2.65. The molecule has 1 rings (SSSR count). The molecule has 0 aromatic rings. The van der Waals surface area contributed by atoms with Crippen LogP contribution in [0.4, 0.5) is 0 Å². The van der Waals surface area contributed by atoms with Gasteiger partial charge in [0.1, 0.15) is 13.2 Å². The van der Waals surface area contributed by atoms with E-state index in [2.05, 4.69) is 0 Å². The van der Waals surface area contributed by atoms with Crippen LogP contribution in [-0.4, -0.2) is 48.2 Å². The zero-order valence-corrected chi connectivity index (χ0v) is 8.94. The number of nitrogens with zero attached hydrogens (tertiary/aromatic N) is 1. The highest BCUT2D eigenvalue weighted by molar-refractivity contribution is 5.81. The molecule has 1 N–H and O–H groups in total. The van der Waals surface area contributed by atoms with Crippen molar-refractivity contribution >= 4 is 11.9 Å². The van der Waals surface area contributed by atoms with E-state index in [1.807, 2.05) is 0 Å². The van der Waals surface area contributed by atoms with Gasteiger partial charge in [0, 0.05) is 7.05 Å². The second kappa shape index (κ2) is 5.70. The Hall–Kier alpha value is -1.10. The van der Waals surface area contributed by atoms with Gasteiger partial charge in [-0.25, -0.2) is 0 Å². The van der Waals surface area contributed by atoms with Crippen molar-refractivity contribution in [2.45, 2.75) is 31.8 Å². The maximum atomic E-state index is 11.4. The predicted molar refractivity (Wildman–Crippen MR) is 53.5 cm³/mol. The SMILES string of the molecule is CN(CC(=O)O)C(=O)COC1CCCC1. The van der Waals surface area contributed by atoms with Gasteiger partial charge in [-0.15, -0.1) is 0 Å². The Labute approximate surface area is 89.0 Å². The van der Waals surface area contributed by atoms with Gasteiger partial charge >= 0.3 is 5.97 Å². The van der Waals surface area contributed by atoms with Crippen molar-refractivity contribution in [3.05, 3.63) is 0 Å². The number of hydrogen-bond acceptors (Lipinski definition) is 3. The summed E-state index contributed by atoms with van der Waals surface area (Å²) in [7, 11) is 1.47. The van der Waals surface area contributed by atoms with Crippen molar-refractivity contribution in [1.82, 2.24) is 4.90 Å². The molecule has 0 aromatic heterocycles. The Balaban J connectivity index is 2.19. The van der Waals surface area contributed by atoms with Gasteiger partial charge in [-0.1, -0.05) is 12.8 Å². The molecule has 0 spiro atoms. The summed E-state index contributed by atoms with van der Waals surface area (Å²) in [6, 6.07) is 0. The van der Waals surface area contributed by atoms with Gasteiger partial charge in [-0.3, -0.25) is 9.59 Å².